The zero-order valence-corrected chi connectivity index (χ0v) is 8.75. The highest BCUT2D eigenvalue weighted by molar-refractivity contribution is 5.90. The maximum atomic E-state index is 11.8. The van der Waals surface area contributed by atoms with Gasteiger partial charge in [-0.2, -0.15) is 13.2 Å². The number of carbonyl (C=O) groups excluding carboxylic acids is 2. The van der Waals surface area contributed by atoms with E-state index in [-0.39, 0.29) is 6.42 Å². The molecule has 3 nitrogen and oxygen atoms in total. The fraction of sp³-hybridized carbons (Fsp3) is 0.273. The monoisotopic (exact) mass is 245 g/mol. The first-order chi connectivity index (χ1) is 7.89. The summed E-state index contributed by atoms with van der Waals surface area (Å²) in [5.74, 6) is -2.58. The molecule has 0 aliphatic rings. The van der Waals surface area contributed by atoms with Crippen LogP contribution in [-0.2, 0) is 16.0 Å². The Morgan fingerprint density at radius 1 is 1.12 bits per heavy atom. The molecular weight excluding hydrogens is 235 g/mol. The lowest BCUT2D eigenvalue weighted by atomic mass is 10.1. The summed E-state index contributed by atoms with van der Waals surface area (Å²) in [7, 11) is 0. The minimum absolute atomic E-state index is 0.0496. The van der Waals surface area contributed by atoms with Gasteiger partial charge in [0.2, 0.25) is 5.91 Å². The van der Waals surface area contributed by atoms with Gasteiger partial charge in [0, 0.05) is 0 Å². The molecule has 0 saturated heterocycles. The van der Waals surface area contributed by atoms with Gasteiger partial charge in [-0.25, -0.2) is 0 Å². The maximum Gasteiger partial charge on any atom is 0.451 e. The lowest BCUT2D eigenvalue weighted by Crippen LogP contribution is -2.37. The highest BCUT2D eigenvalue weighted by Crippen LogP contribution is 2.14. The molecule has 0 aliphatic carbocycles. The molecule has 1 aromatic rings. The Labute approximate surface area is 95.6 Å². The van der Waals surface area contributed by atoms with Crippen molar-refractivity contribution in [1.29, 1.82) is 0 Å². The van der Waals surface area contributed by atoms with Crippen molar-refractivity contribution < 1.29 is 22.8 Å². The Balaban J connectivity index is 2.39. The van der Waals surface area contributed by atoms with E-state index < -0.39 is 24.4 Å². The number of rotatable bonds is 4. The fourth-order valence-electron chi connectivity index (χ4n) is 1.12. The standard InChI is InChI=1S/C11H10F3NO2/c12-11(13,14)9(16)7-15-10(17)6-8-4-2-1-3-5-8/h1-5H,6-7H2,(H,15,17). The normalized spacial score (nSPS) is 11.0. The number of Topliss-reactive ketones (excluding diaryl/α,β-unsaturated/α-hetero) is 1. The number of hydrogen-bond donors (Lipinski definition) is 1. The molecule has 1 aromatic carbocycles. The molecule has 0 unspecified atom stereocenters. The van der Waals surface area contributed by atoms with Crippen LogP contribution in [0, 0.1) is 0 Å². The second-order valence-corrected chi connectivity index (χ2v) is 3.36. The summed E-state index contributed by atoms with van der Waals surface area (Å²) in [4.78, 5) is 21.7. The predicted molar refractivity (Wildman–Crippen MR) is 54.2 cm³/mol. The number of ketones is 1. The number of halogens is 3. The van der Waals surface area contributed by atoms with Crippen LogP contribution >= 0.6 is 0 Å². The van der Waals surface area contributed by atoms with Gasteiger partial charge in [0.1, 0.15) is 0 Å². The Morgan fingerprint density at radius 2 is 1.71 bits per heavy atom. The van der Waals surface area contributed by atoms with E-state index in [1.807, 2.05) is 5.32 Å². The zero-order valence-electron chi connectivity index (χ0n) is 8.75. The van der Waals surface area contributed by atoms with Crippen molar-refractivity contribution in [2.45, 2.75) is 12.6 Å². The first-order valence-corrected chi connectivity index (χ1v) is 4.80. The number of hydrogen-bond acceptors (Lipinski definition) is 2. The van der Waals surface area contributed by atoms with E-state index in [9.17, 15) is 22.8 Å². The summed E-state index contributed by atoms with van der Waals surface area (Å²) in [6.45, 7) is -1.02. The number of carbonyl (C=O) groups is 2. The van der Waals surface area contributed by atoms with Crippen LogP contribution < -0.4 is 5.32 Å². The average molecular weight is 245 g/mol. The average Bonchev–Trinajstić information content (AvgIpc) is 2.26. The van der Waals surface area contributed by atoms with Crippen molar-refractivity contribution in [1.82, 2.24) is 5.32 Å². The van der Waals surface area contributed by atoms with Crippen molar-refractivity contribution in [3.63, 3.8) is 0 Å². The number of benzene rings is 1. The summed E-state index contributed by atoms with van der Waals surface area (Å²) >= 11 is 0. The van der Waals surface area contributed by atoms with Crippen LogP contribution in [0.15, 0.2) is 30.3 Å². The molecule has 17 heavy (non-hydrogen) atoms. The van der Waals surface area contributed by atoms with Gasteiger partial charge in [-0.1, -0.05) is 30.3 Å². The van der Waals surface area contributed by atoms with Gasteiger partial charge in [0.15, 0.2) is 0 Å². The quantitative estimate of drug-likeness (QED) is 0.873. The van der Waals surface area contributed by atoms with Crippen LogP contribution in [0.2, 0.25) is 0 Å². The van der Waals surface area contributed by atoms with Gasteiger partial charge in [0.25, 0.3) is 5.78 Å². The van der Waals surface area contributed by atoms with Crippen molar-refractivity contribution in [3.05, 3.63) is 35.9 Å². The predicted octanol–water partition coefficient (Wildman–Crippen LogP) is 1.48. The maximum absolute atomic E-state index is 11.8. The van der Waals surface area contributed by atoms with Crippen LogP contribution in [0.25, 0.3) is 0 Å². The van der Waals surface area contributed by atoms with Gasteiger partial charge in [-0.15, -0.1) is 0 Å². The van der Waals surface area contributed by atoms with Crippen molar-refractivity contribution in [2.75, 3.05) is 6.54 Å². The first-order valence-electron chi connectivity index (χ1n) is 4.80. The van der Waals surface area contributed by atoms with Gasteiger partial charge < -0.3 is 5.32 Å². The summed E-state index contributed by atoms with van der Waals surface area (Å²) in [5, 5.41) is 1.93. The van der Waals surface area contributed by atoms with Crippen molar-refractivity contribution >= 4 is 11.7 Å². The van der Waals surface area contributed by atoms with E-state index in [0.29, 0.717) is 5.56 Å². The van der Waals surface area contributed by atoms with Gasteiger partial charge >= 0.3 is 6.18 Å². The third kappa shape index (κ3) is 4.67. The van der Waals surface area contributed by atoms with Crippen LogP contribution in [0.3, 0.4) is 0 Å². The number of amides is 1. The highest BCUT2D eigenvalue weighted by atomic mass is 19.4. The Bertz CT molecular complexity index is 401. The molecular formula is C11H10F3NO2. The van der Waals surface area contributed by atoms with E-state index in [4.69, 9.17) is 0 Å². The molecule has 6 heteroatoms. The summed E-state index contributed by atoms with van der Waals surface area (Å²) in [6.07, 6.45) is -4.95. The molecule has 1 N–H and O–H groups in total. The van der Waals surface area contributed by atoms with Crippen molar-refractivity contribution in [2.24, 2.45) is 0 Å². The smallest absolute Gasteiger partial charge is 0.348 e. The molecule has 0 aromatic heterocycles. The molecule has 0 radical (unpaired) electrons. The minimum Gasteiger partial charge on any atom is -0.348 e. The first kappa shape index (κ1) is 13.2. The van der Waals surface area contributed by atoms with E-state index in [1.165, 1.54) is 0 Å². The topological polar surface area (TPSA) is 46.2 Å². The van der Waals surface area contributed by atoms with E-state index in [2.05, 4.69) is 0 Å². The number of nitrogens with one attached hydrogen (secondary N) is 1. The van der Waals surface area contributed by atoms with Gasteiger partial charge in [-0.3, -0.25) is 9.59 Å². The Kier molecular flexibility index (Phi) is 4.25. The van der Waals surface area contributed by atoms with Crippen LogP contribution in [-0.4, -0.2) is 24.4 Å². The molecule has 0 atom stereocenters. The minimum atomic E-state index is -4.90. The largest absolute Gasteiger partial charge is 0.451 e. The molecule has 0 aliphatic heterocycles. The van der Waals surface area contributed by atoms with E-state index >= 15 is 0 Å². The number of alkyl halides is 3. The molecule has 1 amide bonds. The molecule has 0 fully saturated rings. The molecule has 0 spiro atoms. The highest BCUT2D eigenvalue weighted by Gasteiger charge is 2.37. The van der Waals surface area contributed by atoms with Crippen molar-refractivity contribution in [3.8, 4) is 0 Å². The van der Waals surface area contributed by atoms with Gasteiger partial charge in [-0.05, 0) is 5.56 Å². The Morgan fingerprint density at radius 3 is 2.24 bits per heavy atom. The third-order valence-corrected chi connectivity index (χ3v) is 1.97. The van der Waals surface area contributed by atoms with Crippen LogP contribution in [0.4, 0.5) is 13.2 Å². The van der Waals surface area contributed by atoms with E-state index in [1.54, 1.807) is 30.3 Å². The summed E-state index contributed by atoms with van der Waals surface area (Å²) < 4.78 is 35.5. The Hall–Kier alpha value is -1.85. The van der Waals surface area contributed by atoms with Gasteiger partial charge in [0.05, 0.1) is 13.0 Å². The third-order valence-electron chi connectivity index (χ3n) is 1.97. The lowest BCUT2D eigenvalue weighted by Gasteiger charge is -2.06. The second-order valence-electron chi connectivity index (χ2n) is 3.36. The SMILES string of the molecule is O=C(Cc1ccccc1)NCC(=O)C(F)(F)F. The van der Waals surface area contributed by atoms with Crippen LogP contribution in [0.1, 0.15) is 5.56 Å². The molecule has 92 valence electrons. The molecule has 0 heterocycles. The fourth-order valence-corrected chi connectivity index (χ4v) is 1.12. The van der Waals surface area contributed by atoms with E-state index in [0.717, 1.165) is 0 Å². The lowest BCUT2D eigenvalue weighted by molar-refractivity contribution is -0.170. The molecule has 0 saturated carbocycles. The molecule has 0 bridgehead atoms. The second kappa shape index (κ2) is 5.47. The van der Waals surface area contributed by atoms with Crippen LogP contribution in [0.5, 0.6) is 0 Å². The molecule has 1 rings (SSSR count). The summed E-state index contributed by atoms with van der Waals surface area (Å²) in [6, 6.07) is 8.53. The summed E-state index contributed by atoms with van der Waals surface area (Å²) in [5.41, 5.74) is 0.671. The zero-order chi connectivity index (χ0) is 12.9.